The van der Waals surface area contributed by atoms with E-state index in [1.807, 2.05) is 37.3 Å². The summed E-state index contributed by atoms with van der Waals surface area (Å²) in [6, 6.07) is 14.2. The first-order valence-corrected chi connectivity index (χ1v) is 6.60. The fraction of sp³-hybridized carbons (Fsp3) is 0.375. The van der Waals surface area contributed by atoms with Crippen molar-refractivity contribution in [3.63, 3.8) is 0 Å². The van der Waals surface area contributed by atoms with Crippen LogP contribution in [0.25, 0.3) is 0 Å². The average Bonchev–Trinajstić information content (AvgIpc) is 2.89. The van der Waals surface area contributed by atoms with Crippen molar-refractivity contribution in [2.45, 2.75) is 38.7 Å². The van der Waals surface area contributed by atoms with Crippen LogP contribution in [0.1, 0.15) is 43.0 Å². The van der Waals surface area contributed by atoms with Crippen molar-refractivity contribution in [2.75, 3.05) is 0 Å². The van der Waals surface area contributed by atoms with Gasteiger partial charge in [0.2, 0.25) is 0 Å². The molecule has 1 unspecified atom stereocenters. The number of benzene rings is 1. The zero-order valence-corrected chi connectivity index (χ0v) is 10.8. The van der Waals surface area contributed by atoms with Gasteiger partial charge < -0.3 is 9.52 Å². The van der Waals surface area contributed by atoms with Gasteiger partial charge in [-0.25, -0.2) is 0 Å². The summed E-state index contributed by atoms with van der Waals surface area (Å²) in [5.41, 5.74) is 1.32. The molecule has 2 nitrogen and oxygen atoms in total. The predicted molar refractivity (Wildman–Crippen MR) is 72.4 cm³/mol. The summed E-state index contributed by atoms with van der Waals surface area (Å²) in [6.07, 6.45) is 3.10. The predicted octanol–water partition coefficient (Wildman–Crippen LogP) is 3.90. The topological polar surface area (TPSA) is 33.4 Å². The first kappa shape index (κ1) is 12.9. The lowest BCUT2D eigenvalue weighted by atomic mass is 10.1. The lowest BCUT2D eigenvalue weighted by Crippen LogP contribution is -1.97. The second-order valence-corrected chi connectivity index (χ2v) is 4.55. The summed E-state index contributed by atoms with van der Waals surface area (Å²) in [7, 11) is 0. The van der Waals surface area contributed by atoms with E-state index in [-0.39, 0.29) is 0 Å². The number of rotatable bonds is 6. The van der Waals surface area contributed by atoms with Crippen LogP contribution in [0.4, 0.5) is 0 Å². The van der Waals surface area contributed by atoms with Gasteiger partial charge in [-0.2, -0.15) is 0 Å². The summed E-state index contributed by atoms with van der Waals surface area (Å²) in [5, 5.41) is 10.0. The van der Waals surface area contributed by atoms with Gasteiger partial charge in [0.05, 0.1) is 0 Å². The Morgan fingerprint density at radius 1 is 1.11 bits per heavy atom. The van der Waals surface area contributed by atoms with Crippen molar-refractivity contribution in [3.05, 3.63) is 59.5 Å². The Labute approximate surface area is 108 Å². The van der Waals surface area contributed by atoms with Crippen LogP contribution in [0.5, 0.6) is 0 Å². The van der Waals surface area contributed by atoms with E-state index in [4.69, 9.17) is 4.42 Å². The van der Waals surface area contributed by atoms with Gasteiger partial charge in [0, 0.05) is 6.42 Å². The molecule has 1 N–H and O–H groups in total. The number of aliphatic hydroxyl groups excluding tert-OH is 1. The molecule has 96 valence electrons. The molecule has 1 atom stereocenters. The SMILES string of the molecule is CCc1ccc(C(O)CCCc2ccccc2)o1. The lowest BCUT2D eigenvalue weighted by Gasteiger charge is -2.07. The van der Waals surface area contributed by atoms with Crippen LogP contribution in [-0.4, -0.2) is 5.11 Å². The van der Waals surface area contributed by atoms with E-state index in [1.165, 1.54) is 5.56 Å². The van der Waals surface area contributed by atoms with Crippen LogP contribution < -0.4 is 0 Å². The smallest absolute Gasteiger partial charge is 0.132 e. The van der Waals surface area contributed by atoms with Crippen molar-refractivity contribution in [3.8, 4) is 0 Å². The van der Waals surface area contributed by atoms with Crippen LogP contribution in [0.2, 0.25) is 0 Å². The Morgan fingerprint density at radius 2 is 1.89 bits per heavy atom. The van der Waals surface area contributed by atoms with E-state index in [9.17, 15) is 5.11 Å². The number of hydrogen-bond acceptors (Lipinski definition) is 2. The van der Waals surface area contributed by atoms with Crippen molar-refractivity contribution >= 4 is 0 Å². The van der Waals surface area contributed by atoms with Crippen LogP contribution >= 0.6 is 0 Å². The minimum atomic E-state index is -0.478. The Kier molecular flexibility index (Phi) is 4.59. The maximum absolute atomic E-state index is 10.0. The third-order valence-corrected chi connectivity index (χ3v) is 3.15. The lowest BCUT2D eigenvalue weighted by molar-refractivity contribution is 0.136. The van der Waals surface area contributed by atoms with Crippen molar-refractivity contribution < 1.29 is 9.52 Å². The van der Waals surface area contributed by atoms with E-state index >= 15 is 0 Å². The van der Waals surface area contributed by atoms with Gasteiger partial charge in [-0.1, -0.05) is 37.3 Å². The Morgan fingerprint density at radius 3 is 2.56 bits per heavy atom. The Balaban J connectivity index is 1.79. The van der Waals surface area contributed by atoms with Crippen molar-refractivity contribution in [1.82, 2.24) is 0 Å². The number of aliphatic hydroxyl groups is 1. The Hall–Kier alpha value is -1.54. The maximum atomic E-state index is 10.0. The zero-order valence-electron chi connectivity index (χ0n) is 10.8. The molecule has 0 aliphatic rings. The first-order chi connectivity index (χ1) is 8.79. The molecule has 0 aliphatic heterocycles. The summed E-state index contributed by atoms with van der Waals surface area (Å²) >= 11 is 0. The van der Waals surface area contributed by atoms with Crippen LogP contribution in [0.15, 0.2) is 46.9 Å². The number of aryl methyl sites for hydroxylation is 2. The normalized spacial score (nSPS) is 12.6. The van der Waals surface area contributed by atoms with Gasteiger partial charge in [0.1, 0.15) is 17.6 Å². The van der Waals surface area contributed by atoms with Crippen molar-refractivity contribution in [2.24, 2.45) is 0 Å². The van der Waals surface area contributed by atoms with E-state index in [0.717, 1.165) is 31.4 Å². The van der Waals surface area contributed by atoms with Crippen molar-refractivity contribution in [1.29, 1.82) is 0 Å². The molecule has 1 heterocycles. The maximum Gasteiger partial charge on any atom is 0.132 e. The van der Waals surface area contributed by atoms with Crippen LogP contribution in [-0.2, 0) is 12.8 Å². The molecule has 0 saturated heterocycles. The third-order valence-electron chi connectivity index (χ3n) is 3.15. The van der Waals surface area contributed by atoms with Gasteiger partial charge in [0.15, 0.2) is 0 Å². The number of hydrogen-bond donors (Lipinski definition) is 1. The summed E-state index contributed by atoms with van der Waals surface area (Å²) < 4.78 is 5.55. The summed E-state index contributed by atoms with van der Waals surface area (Å²) in [6.45, 7) is 2.05. The minimum Gasteiger partial charge on any atom is -0.463 e. The monoisotopic (exact) mass is 244 g/mol. The van der Waals surface area contributed by atoms with Crippen LogP contribution in [0, 0.1) is 0 Å². The van der Waals surface area contributed by atoms with Gasteiger partial charge in [-0.05, 0) is 37.0 Å². The second-order valence-electron chi connectivity index (χ2n) is 4.55. The van der Waals surface area contributed by atoms with E-state index < -0.39 is 6.10 Å². The standard InChI is InChI=1S/C16H20O2/c1-2-14-11-12-16(18-14)15(17)10-6-9-13-7-4-3-5-8-13/h3-5,7-8,11-12,15,17H,2,6,9-10H2,1H3. The largest absolute Gasteiger partial charge is 0.463 e. The molecule has 0 saturated carbocycles. The zero-order chi connectivity index (χ0) is 12.8. The molecule has 18 heavy (non-hydrogen) atoms. The molecule has 0 spiro atoms. The fourth-order valence-electron chi connectivity index (χ4n) is 2.05. The first-order valence-electron chi connectivity index (χ1n) is 6.60. The second kappa shape index (κ2) is 6.41. The molecule has 0 bridgehead atoms. The highest BCUT2D eigenvalue weighted by Gasteiger charge is 2.11. The van der Waals surface area contributed by atoms with E-state index in [2.05, 4.69) is 12.1 Å². The molecule has 1 aromatic carbocycles. The summed E-state index contributed by atoms with van der Waals surface area (Å²) in [5.74, 6) is 1.63. The highest BCUT2D eigenvalue weighted by molar-refractivity contribution is 5.15. The molecular weight excluding hydrogens is 224 g/mol. The molecule has 2 rings (SSSR count). The molecule has 0 aliphatic carbocycles. The molecule has 0 radical (unpaired) electrons. The molecule has 0 fully saturated rings. The molecular formula is C16H20O2. The molecule has 2 aromatic rings. The minimum absolute atomic E-state index is 0.478. The van der Waals surface area contributed by atoms with Crippen LogP contribution in [0.3, 0.4) is 0 Å². The molecule has 2 heteroatoms. The fourth-order valence-corrected chi connectivity index (χ4v) is 2.05. The summed E-state index contributed by atoms with van der Waals surface area (Å²) in [4.78, 5) is 0. The van der Waals surface area contributed by atoms with Gasteiger partial charge in [-0.3, -0.25) is 0 Å². The van der Waals surface area contributed by atoms with Gasteiger partial charge in [-0.15, -0.1) is 0 Å². The van der Waals surface area contributed by atoms with E-state index in [0.29, 0.717) is 5.76 Å². The van der Waals surface area contributed by atoms with Gasteiger partial charge in [0.25, 0.3) is 0 Å². The van der Waals surface area contributed by atoms with E-state index in [1.54, 1.807) is 0 Å². The quantitative estimate of drug-likeness (QED) is 0.836. The van der Waals surface area contributed by atoms with Gasteiger partial charge >= 0.3 is 0 Å². The third kappa shape index (κ3) is 3.47. The highest BCUT2D eigenvalue weighted by atomic mass is 16.4. The highest BCUT2D eigenvalue weighted by Crippen LogP contribution is 2.22. The average molecular weight is 244 g/mol. The molecule has 0 amide bonds. The number of furan rings is 1. The molecule has 1 aromatic heterocycles. The Bertz CT molecular complexity index is 459.